The molecule has 1 atom stereocenters. The van der Waals surface area contributed by atoms with Gasteiger partial charge in [-0.25, -0.2) is 4.98 Å². The van der Waals surface area contributed by atoms with Gasteiger partial charge in [0, 0.05) is 16.6 Å². The number of nitrogens with zero attached hydrogens (tertiary/aromatic N) is 1. The number of benzene rings is 4. The molecule has 0 spiro atoms. The van der Waals surface area contributed by atoms with Crippen molar-refractivity contribution in [3.8, 4) is 17.2 Å². The van der Waals surface area contributed by atoms with E-state index in [9.17, 15) is 4.79 Å². The number of hydrogen-bond donors (Lipinski definition) is 1. The van der Waals surface area contributed by atoms with Crippen LogP contribution in [-0.4, -0.2) is 17.5 Å². The van der Waals surface area contributed by atoms with Crippen molar-refractivity contribution in [3.63, 3.8) is 0 Å². The monoisotopic (exact) mass is 450 g/mol. The van der Waals surface area contributed by atoms with E-state index in [1.54, 1.807) is 0 Å². The summed E-state index contributed by atoms with van der Waals surface area (Å²) in [5, 5.41) is 4.94. The number of hydrogen-bond acceptors (Lipinski definition) is 4. The highest BCUT2D eigenvalue weighted by molar-refractivity contribution is 5.93. The van der Waals surface area contributed by atoms with E-state index in [0.29, 0.717) is 23.2 Å². The zero-order chi connectivity index (χ0) is 23.5. The van der Waals surface area contributed by atoms with Gasteiger partial charge in [-0.1, -0.05) is 56.3 Å². The van der Waals surface area contributed by atoms with Crippen molar-refractivity contribution in [2.24, 2.45) is 0 Å². The molecule has 0 saturated heterocycles. The highest BCUT2D eigenvalue weighted by Gasteiger charge is 2.12. The van der Waals surface area contributed by atoms with Gasteiger partial charge in [0.05, 0.1) is 0 Å². The number of rotatable bonds is 7. The van der Waals surface area contributed by atoms with Gasteiger partial charge < -0.3 is 14.5 Å². The first kappa shape index (κ1) is 21.7. The van der Waals surface area contributed by atoms with Gasteiger partial charge >= 0.3 is 0 Å². The van der Waals surface area contributed by atoms with E-state index >= 15 is 0 Å². The summed E-state index contributed by atoms with van der Waals surface area (Å²) in [5.41, 5.74) is 4.43. The van der Waals surface area contributed by atoms with E-state index in [1.807, 2.05) is 72.8 Å². The average Bonchev–Trinajstić information content (AvgIpc) is 3.31. The van der Waals surface area contributed by atoms with E-state index in [2.05, 4.69) is 36.3 Å². The maximum atomic E-state index is 12.4. The third-order valence-electron chi connectivity index (χ3n) is 6.12. The normalized spacial score (nSPS) is 12.1. The predicted octanol–water partition coefficient (Wildman–Crippen LogP) is 7.18. The molecule has 5 nitrogen and oxygen atoms in total. The van der Waals surface area contributed by atoms with Crippen LogP contribution in [0.25, 0.3) is 33.3 Å². The molecule has 0 aliphatic rings. The van der Waals surface area contributed by atoms with Crippen molar-refractivity contribution in [2.75, 3.05) is 11.9 Å². The molecule has 1 aromatic heterocycles. The fraction of sp³-hybridized carbons (Fsp3) is 0.172. The SMILES string of the molecule is CCC(C)c1ccc2oc(-c3ccc(NC(=O)COc4cccc5ccccc45)cc3)nc2c1. The Balaban J connectivity index is 1.24. The number of oxazole rings is 1. The molecule has 1 amide bonds. The first-order chi connectivity index (χ1) is 16.6. The van der Waals surface area contributed by atoms with E-state index in [-0.39, 0.29) is 12.5 Å². The molecule has 0 radical (unpaired) electrons. The number of fused-ring (bicyclic) bond motifs is 2. The van der Waals surface area contributed by atoms with Gasteiger partial charge in [0.25, 0.3) is 5.91 Å². The quantitative estimate of drug-likeness (QED) is 0.285. The molecule has 5 aromatic rings. The minimum Gasteiger partial charge on any atom is -0.483 e. The molecule has 0 fully saturated rings. The van der Waals surface area contributed by atoms with E-state index < -0.39 is 0 Å². The lowest BCUT2D eigenvalue weighted by atomic mass is 9.98. The summed E-state index contributed by atoms with van der Waals surface area (Å²) in [6.45, 7) is 4.32. The second kappa shape index (κ2) is 9.40. The maximum absolute atomic E-state index is 12.4. The van der Waals surface area contributed by atoms with Crippen LogP contribution in [0.5, 0.6) is 5.75 Å². The van der Waals surface area contributed by atoms with Crippen LogP contribution >= 0.6 is 0 Å². The van der Waals surface area contributed by atoms with Crippen LogP contribution in [0.1, 0.15) is 31.7 Å². The Bertz CT molecular complexity index is 1450. The molecule has 1 unspecified atom stereocenters. The summed E-state index contributed by atoms with van der Waals surface area (Å²) in [5.74, 6) is 1.52. The van der Waals surface area contributed by atoms with Gasteiger partial charge in [0.15, 0.2) is 12.2 Å². The lowest BCUT2D eigenvalue weighted by molar-refractivity contribution is -0.118. The van der Waals surface area contributed by atoms with Crippen LogP contribution in [0.15, 0.2) is 89.3 Å². The summed E-state index contributed by atoms with van der Waals surface area (Å²) >= 11 is 0. The molecule has 5 rings (SSSR count). The van der Waals surface area contributed by atoms with Crippen LogP contribution in [0.4, 0.5) is 5.69 Å². The number of ether oxygens (including phenoxy) is 1. The fourth-order valence-corrected chi connectivity index (χ4v) is 3.97. The number of amides is 1. The van der Waals surface area contributed by atoms with Gasteiger partial charge in [-0.15, -0.1) is 0 Å². The molecular weight excluding hydrogens is 424 g/mol. The minimum atomic E-state index is -0.222. The van der Waals surface area contributed by atoms with E-state index in [0.717, 1.165) is 33.9 Å². The third-order valence-corrected chi connectivity index (χ3v) is 6.12. The van der Waals surface area contributed by atoms with Gasteiger partial charge in [-0.2, -0.15) is 0 Å². The number of carbonyl (C=O) groups is 1. The Kier molecular flexibility index (Phi) is 6.00. The van der Waals surface area contributed by atoms with Crippen molar-refractivity contribution in [2.45, 2.75) is 26.2 Å². The number of carbonyl (C=O) groups excluding carboxylic acids is 1. The molecule has 5 heteroatoms. The topological polar surface area (TPSA) is 64.4 Å². The van der Waals surface area contributed by atoms with Crippen molar-refractivity contribution in [3.05, 3.63) is 90.5 Å². The smallest absolute Gasteiger partial charge is 0.262 e. The molecule has 34 heavy (non-hydrogen) atoms. The highest BCUT2D eigenvalue weighted by Crippen LogP contribution is 2.29. The van der Waals surface area contributed by atoms with Gasteiger partial charge in [-0.05, 0) is 65.8 Å². The molecule has 0 aliphatic carbocycles. The standard InChI is InChI=1S/C29H26N2O3/c1-3-19(2)22-13-16-27-25(17-22)31-29(34-27)21-11-14-23(15-12-21)30-28(32)18-33-26-10-6-8-20-7-4-5-9-24(20)26/h4-17,19H,3,18H2,1-2H3,(H,30,32). The van der Waals surface area contributed by atoms with Crippen LogP contribution in [0, 0.1) is 0 Å². The molecule has 0 saturated carbocycles. The largest absolute Gasteiger partial charge is 0.483 e. The molecular formula is C29H26N2O3. The van der Waals surface area contributed by atoms with Crippen molar-refractivity contribution in [1.82, 2.24) is 4.98 Å². The van der Waals surface area contributed by atoms with Crippen LogP contribution in [0.3, 0.4) is 0 Å². The van der Waals surface area contributed by atoms with E-state index in [4.69, 9.17) is 9.15 Å². The second-order valence-corrected chi connectivity index (χ2v) is 8.45. The molecule has 0 aliphatic heterocycles. The summed E-state index contributed by atoms with van der Waals surface area (Å²) in [4.78, 5) is 17.1. The summed E-state index contributed by atoms with van der Waals surface area (Å²) in [7, 11) is 0. The molecule has 4 aromatic carbocycles. The molecule has 1 N–H and O–H groups in total. The summed E-state index contributed by atoms with van der Waals surface area (Å²) < 4.78 is 11.7. The van der Waals surface area contributed by atoms with E-state index in [1.165, 1.54) is 5.56 Å². The Morgan fingerprint density at radius 1 is 1.00 bits per heavy atom. The molecule has 170 valence electrons. The van der Waals surface area contributed by atoms with Crippen LogP contribution < -0.4 is 10.1 Å². The lowest BCUT2D eigenvalue weighted by Gasteiger charge is -2.10. The summed E-state index contributed by atoms with van der Waals surface area (Å²) in [6, 6.07) is 27.4. The maximum Gasteiger partial charge on any atom is 0.262 e. The van der Waals surface area contributed by atoms with Crippen molar-refractivity contribution >= 4 is 33.5 Å². The minimum absolute atomic E-state index is 0.0700. The third kappa shape index (κ3) is 4.50. The lowest BCUT2D eigenvalue weighted by Crippen LogP contribution is -2.20. The van der Waals surface area contributed by atoms with Crippen LogP contribution in [-0.2, 0) is 4.79 Å². The van der Waals surface area contributed by atoms with Gasteiger partial charge in [-0.3, -0.25) is 4.79 Å². The number of aromatic nitrogens is 1. The number of nitrogens with one attached hydrogen (secondary N) is 1. The molecule has 1 heterocycles. The van der Waals surface area contributed by atoms with Gasteiger partial charge in [0.1, 0.15) is 11.3 Å². The van der Waals surface area contributed by atoms with Gasteiger partial charge in [0.2, 0.25) is 5.89 Å². The van der Waals surface area contributed by atoms with Crippen molar-refractivity contribution < 1.29 is 13.9 Å². The Labute approximate surface area is 198 Å². The Morgan fingerprint density at radius 2 is 1.79 bits per heavy atom. The molecule has 0 bridgehead atoms. The Morgan fingerprint density at radius 3 is 2.62 bits per heavy atom. The average molecular weight is 451 g/mol. The first-order valence-corrected chi connectivity index (χ1v) is 11.5. The van der Waals surface area contributed by atoms with Crippen molar-refractivity contribution in [1.29, 1.82) is 0 Å². The fourth-order valence-electron chi connectivity index (χ4n) is 3.97. The number of anilines is 1. The second-order valence-electron chi connectivity index (χ2n) is 8.45. The zero-order valence-corrected chi connectivity index (χ0v) is 19.2. The summed E-state index contributed by atoms with van der Waals surface area (Å²) in [6.07, 6.45) is 1.08. The predicted molar refractivity (Wildman–Crippen MR) is 136 cm³/mol. The highest BCUT2D eigenvalue weighted by atomic mass is 16.5. The zero-order valence-electron chi connectivity index (χ0n) is 19.2. The van der Waals surface area contributed by atoms with Crippen LogP contribution in [0.2, 0.25) is 0 Å². The first-order valence-electron chi connectivity index (χ1n) is 11.5. The Hall–Kier alpha value is -4.12.